The first-order chi connectivity index (χ1) is 9.36. The molecule has 1 heterocycles. The van der Waals surface area contributed by atoms with Crippen molar-refractivity contribution in [2.45, 2.75) is 72.9 Å². The third-order valence-electron chi connectivity index (χ3n) is 4.68. The Morgan fingerprint density at radius 2 is 1.70 bits per heavy atom. The van der Waals surface area contributed by atoms with Crippen LogP contribution < -0.4 is 5.32 Å². The fourth-order valence-corrected chi connectivity index (χ4v) is 4.21. The van der Waals surface area contributed by atoms with Crippen LogP contribution in [0, 0.1) is 32.6 Å². The summed E-state index contributed by atoms with van der Waals surface area (Å²) in [7, 11) is 0. The topological polar surface area (TPSA) is 24.9 Å². The van der Waals surface area contributed by atoms with Crippen LogP contribution in [-0.4, -0.2) is 11.0 Å². The Kier molecular flexibility index (Phi) is 4.85. The molecule has 20 heavy (non-hydrogen) atoms. The Bertz CT molecular complexity index is 433. The molecule has 0 spiro atoms. The van der Waals surface area contributed by atoms with Crippen molar-refractivity contribution < 1.29 is 0 Å². The third kappa shape index (κ3) is 3.60. The van der Waals surface area contributed by atoms with Crippen molar-refractivity contribution >= 4 is 0 Å². The minimum Gasteiger partial charge on any atom is -0.307 e. The van der Waals surface area contributed by atoms with Gasteiger partial charge in [-0.2, -0.15) is 0 Å². The second-order valence-electron chi connectivity index (χ2n) is 7.08. The second kappa shape index (κ2) is 6.26. The number of aromatic nitrogens is 1. The van der Waals surface area contributed by atoms with Crippen molar-refractivity contribution in [3.63, 3.8) is 0 Å². The molecule has 1 N–H and O–H groups in total. The van der Waals surface area contributed by atoms with Crippen LogP contribution in [0.4, 0.5) is 0 Å². The molecule has 0 saturated heterocycles. The average molecular weight is 274 g/mol. The number of pyridine rings is 1. The maximum atomic E-state index is 4.64. The smallest absolute Gasteiger partial charge is 0.0426 e. The lowest BCUT2D eigenvalue weighted by atomic mass is 9.80. The number of rotatable bonds is 3. The van der Waals surface area contributed by atoms with Crippen LogP contribution in [0.5, 0.6) is 0 Å². The van der Waals surface area contributed by atoms with E-state index < -0.39 is 0 Å². The van der Waals surface area contributed by atoms with Gasteiger partial charge in [-0.05, 0) is 76.0 Å². The van der Waals surface area contributed by atoms with Crippen molar-refractivity contribution in [1.29, 1.82) is 0 Å². The molecule has 1 aromatic rings. The van der Waals surface area contributed by atoms with Gasteiger partial charge in [-0.25, -0.2) is 0 Å². The molecule has 2 rings (SSSR count). The van der Waals surface area contributed by atoms with Crippen LogP contribution in [0.25, 0.3) is 0 Å². The summed E-state index contributed by atoms with van der Waals surface area (Å²) < 4.78 is 0. The minimum absolute atomic E-state index is 0.394. The van der Waals surface area contributed by atoms with Gasteiger partial charge in [-0.1, -0.05) is 13.8 Å². The SMILES string of the molecule is Cc1cc(C)c(C(C)NC2CC(C)CC(C)C2)c(C)n1. The molecule has 1 aliphatic rings. The summed E-state index contributed by atoms with van der Waals surface area (Å²) in [5, 5.41) is 3.86. The molecule has 2 nitrogen and oxygen atoms in total. The Labute approximate surface area is 124 Å². The quantitative estimate of drug-likeness (QED) is 0.879. The third-order valence-corrected chi connectivity index (χ3v) is 4.68. The number of nitrogens with zero attached hydrogens (tertiary/aromatic N) is 1. The van der Waals surface area contributed by atoms with E-state index in [1.165, 1.54) is 36.1 Å². The molecule has 0 aliphatic heterocycles. The van der Waals surface area contributed by atoms with E-state index >= 15 is 0 Å². The van der Waals surface area contributed by atoms with Crippen LogP contribution in [0.15, 0.2) is 6.07 Å². The molecule has 0 aromatic carbocycles. The summed E-state index contributed by atoms with van der Waals surface area (Å²) in [5.74, 6) is 1.70. The van der Waals surface area contributed by atoms with Gasteiger partial charge < -0.3 is 5.32 Å². The largest absolute Gasteiger partial charge is 0.307 e. The minimum atomic E-state index is 0.394. The first kappa shape index (κ1) is 15.5. The molecule has 2 heteroatoms. The molecule has 0 bridgehead atoms. The van der Waals surface area contributed by atoms with Gasteiger partial charge in [0.05, 0.1) is 0 Å². The summed E-state index contributed by atoms with van der Waals surface area (Å²) >= 11 is 0. The van der Waals surface area contributed by atoms with E-state index in [1.54, 1.807) is 0 Å². The Morgan fingerprint density at radius 3 is 2.25 bits per heavy atom. The van der Waals surface area contributed by atoms with Gasteiger partial charge in [-0.15, -0.1) is 0 Å². The highest BCUT2D eigenvalue weighted by Crippen LogP contribution is 2.30. The van der Waals surface area contributed by atoms with E-state index in [0.29, 0.717) is 12.1 Å². The van der Waals surface area contributed by atoms with Crippen molar-refractivity contribution in [3.8, 4) is 0 Å². The van der Waals surface area contributed by atoms with Crippen LogP contribution in [0.3, 0.4) is 0 Å². The molecule has 1 saturated carbocycles. The molecule has 0 radical (unpaired) electrons. The maximum Gasteiger partial charge on any atom is 0.0426 e. The lowest BCUT2D eigenvalue weighted by molar-refractivity contribution is 0.228. The molecule has 0 amide bonds. The summed E-state index contributed by atoms with van der Waals surface area (Å²) in [6.45, 7) is 13.5. The van der Waals surface area contributed by atoms with Gasteiger partial charge in [0.2, 0.25) is 0 Å². The number of aryl methyl sites for hydroxylation is 3. The van der Waals surface area contributed by atoms with Gasteiger partial charge in [0.25, 0.3) is 0 Å². The van der Waals surface area contributed by atoms with E-state index in [0.717, 1.165) is 17.5 Å². The van der Waals surface area contributed by atoms with Crippen molar-refractivity contribution in [3.05, 3.63) is 28.6 Å². The summed E-state index contributed by atoms with van der Waals surface area (Å²) in [6.07, 6.45) is 4.01. The number of nitrogens with one attached hydrogen (secondary N) is 1. The van der Waals surface area contributed by atoms with Crippen LogP contribution >= 0.6 is 0 Å². The van der Waals surface area contributed by atoms with Gasteiger partial charge in [0, 0.05) is 23.5 Å². The molecule has 1 aromatic heterocycles. The number of hydrogen-bond acceptors (Lipinski definition) is 2. The zero-order chi connectivity index (χ0) is 14.9. The fourth-order valence-electron chi connectivity index (χ4n) is 4.21. The summed E-state index contributed by atoms with van der Waals surface area (Å²) in [6, 6.07) is 3.25. The summed E-state index contributed by atoms with van der Waals surface area (Å²) in [5.41, 5.74) is 5.06. The van der Waals surface area contributed by atoms with Crippen LogP contribution in [0.2, 0.25) is 0 Å². The zero-order valence-corrected chi connectivity index (χ0v) is 14.0. The van der Waals surface area contributed by atoms with E-state index in [4.69, 9.17) is 0 Å². The highest BCUT2D eigenvalue weighted by Gasteiger charge is 2.25. The van der Waals surface area contributed by atoms with Gasteiger partial charge in [-0.3, -0.25) is 4.98 Å². The monoisotopic (exact) mass is 274 g/mol. The molecule has 3 unspecified atom stereocenters. The van der Waals surface area contributed by atoms with Crippen LogP contribution in [0.1, 0.15) is 68.6 Å². The van der Waals surface area contributed by atoms with Crippen molar-refractivity contribution in [1.82, 2.24) is 10.3 Å². The van der Waals surface area contributed by atoms with E-state index in [9.17, 15) is 0 Å². The zero-order valence-electron chi connectivity index (χ0n) is 14.0. The Balaban J connectivity index is 2.10. The maximum absolute atomic E-state index is 4.64. The standard InChI is InChI=1S/C18H30N2/c1-11-7-12(2)9-17(8-11)20-16(6)18-13(3)10-14(4)19-15(18)5/h10-12,16-17,20H,7-9H2,1-6H3. The highest BCUT2D eigenvalue weighted by atomic mass is 15.0. The van der Waals surface area contributed by atoms with Gasteiger partial charge in [0.1, 0.15) is 0 Å². The lowest BCUT2D eigenvalue weighted by Gasteiger charge is -2.34. The molecule has 1 aliphatic carbocycles. The Morgan fingerprint density at radius 1 is 1.10 bits per heavy atom. The predicted molar refractivity (Wildman–Crippen MR) is 86.0 cm³/mol. The molecular formula is C18H30N2. The lowest BCUT2D eigenvalue weighted by Crippen LogP contribution is -2.38. The predicted octanol–water partition coefficient (Wildman–Crippen LogP) is 4.48. The molecule has 3 atom stereocenters. The van der Waals surface area contributed by atoms with Crippen LogP contribution in [-0.2, 0) is 0 Å². The Hall–Kier alpha value is -0.890. The van der Waals surface area contributed by atoms with Crippen molar-refractivity contribution in [2.75, 3.05) is 0 Å². The summed E-state index contributed by atoms with van der Waals surface area (Å²) in [4.78, 5) is 4.64. The van der Waals surface area contributed by atoms with E-state index in [2.05, 4.69) is 57.9 Å². The first-order valence-corrected chi connectivity index (χ1v) is 8.07. The normalized spacial score (nSPS) is 28.4. The second-order valence-corrected chi connectivity index (χ2v) is 7.08. The fraction of sp³-hybridized carbons (Fsp3) is 0.722. The molecular weight excluding hydrogens is 244 g/mol. The average Bonchev–Trinajstić information content (AvgIpc) is 2.25. The van der Waals surface area contributed by atoms with E-state index in [1.807, 2.05) is 0 Å². The molecule has 1 fully saturated rings. The first-order valence-electron chi connectivity index (χ1n) is 8.07. The van der Waals surface area contributed by atoms with E-state index in [-0.39, 0.29) is 0 Å². The van der Waals surface area contributed by atoms with Gasteiger partial charge >= 0.3 is 0 Å². The number of hydrogen-bond donors (Lipinski definition) is 1. The van der Waals surface area contributed by atoms with Crippen molar-refractivity contribution in [2.24, 2.45) is 11.8 Å². The highest BCUT2D eigenvalue weighted by molar-refractivity contribution is 5.33. The van der Waals surface area contributed by atoms with Gasteiger partial charge in [0.15, 0.2) is 0 Å². The molecule has 112 valence electrons.